The summed E-state index contributed by atoms with van der Waals surface area (Å²) in [5.74, 6) is 1.03. The van der Waals surface area contributed by atoms with Gasteiger partial charge in [-0.05, 0) is 66.5 Å². The Morgan fingerprint density at radius 2 is 1.93 bits per heavy atom. The lowest BCUT2D eigenvalue weighted by Crippen LogP contribution is -2.15. The van der Waals surface area contributed by atoms with E-state index in [1.807, 2.05) is 53.1 Å². The van der Waals surface area contributed by atoms with Crippen LogP contribution in [-0.4, -0.2) is 37.8 Å². The summed E-state index contributed by atoms with van der Waals surface area (Å²) in [5, 5.41) is 16.8. The number of imidazole rings is 1. The average molecular weight is 561 g/mol. The lowest BCUT2D eigenvalue weighted by Gasteiger charge is -2.08. The molecule has 6 rings (SSSR count). The van der Waals surface area contributed by atoms with Crippen LogP contribution >= 0.6 is 11.6 Å². The second kappa shape index (κ2) is 11.7. The van der Waals surface area contributed by atoms with E-state index < -0.39 is 0 Å². The first-order chi connectivity index (χ1) is 19.3. The zero-order chi connectivity index (χ0) is 28.2. The van der Waals surface area contributed by atoms with Gasteiger partial charge in [0.1, 0.15) is 5.82 Å². The molecule has 206 valence electrons. The van der Waals surface area contributed by atoms with E-state index in [1.165, 1.54) is 25.3 Å². The molecule has 2 amide bonds. The van der Waals surface area contributed by atoms with Crippen molar-refractivity contribution in [2.45, 2.75) is 44.6 Å². The third-order valence-electron chi connectivity index (χ3n) is 6.87. The number of rotatable bonds is 8. The lowest BCUT2D eigenvalue weighted by molar-refractivity contribution is -0.123. The van der Waals surface area contributed by atoms with Crippen molar-refractivity contribution in [1.29, 1.82) is 0 Å². The summed E-state index contributed by atoms with van der Waals surface area (Å²) in [5.41, 5.74) is 5.42. The second-order valence-corrected chi connectivity index (χ2v) is 10.4. The predicted octanol–water partition coefficient (Wildman–Crippen LogP) is 5.27. The normalized spacial score (nSPS) is 17.4. The highest BCUT2D eigenvalue weighted by Gasteiger charge is 2.44. The highest BCUT2D eigenvalue weighted by molar-refractivity contribution is 6.30. The maximum Gasteiger partial charge on any atom is 0.290 e. The predicted molar refractivity (Wildman–Crippen MR) is 153 cm³/mol. The van der Waals surface area contributed by atoms with Crippen LogP contribution in [0.4, 0.5) is 17.2 Å². The Balaban J connectivity index is 0.00000103. The zero-order valence-electron chi connectivity index (χ0n) is 21.8. The van der Waals surface area contributed by atoms with Gasteiger partial charge in [0.25, 0.3) is 6.47 Å². The van der Waals surface area contributed by atoms with Crippen molar-refractivity contribution in [2.75, 3.05) is 16.0 Å². The number of amides is 2. The summed E-state index contributed by atoms with van der Waals surface area (Å²) in [6, 6.07) is 13.4. The number of nitrogens with one attached hydrogen (secondary N) is 3. The molecule has 3 heterocycles. The van der Waals surface area contributed by atoms with Crippen molar-refractivity contribution in [3.63, 3.8) is 0 Å². The molecule has 2 aliphatic carbocycles. The summed E-state index contributed by atoms with van der Waals surface area (Å²) in [6.45, 7) is 1.74. The van der Waals surface area contributed by atoms with E-state index in [9.17, 15) is 9.59 Å². The van der Waals surface area contributed by atoms with Crippen LogP contribution in [0.2, 0.25) is 5.02 Å². The number of pyridine rings is 2. The molecular formula is C29H29ClN6O4. The molecule has 1 aromatic carbocycles. The van der Waals surface area contributed by atoms with Crippen LogP contribution in [0.25, 0.3) is 5.65 Å². The Morgan fingerprint density at radius 1 is 1.12 bits per heavy atom. The van der Waals surface area contributed by atoms with Crippen LogP contribution in [0, 0.1) is 5.92 Å². The van der Waals surface area contributed by atoms with Crippen LogP contribution in [0.15, 0.2) is 61.1 Å². The van der Waals surface area contributed by atoms with Gasteiger partial charge in [-0.3, -0.25) is 14.4 Å². The molecule has 2 aliphatic rings. The minimum atomic E-state index is -0.250. The molecule has 2 atom stereocenters. The molecule has 3 aromatic heterocycles. The average Bonchev–Trinajstić information content (AvgIpc) is 3.84. The minimum Gasteiger partial charge on any atom is -0.483 e. The van der Waals surface area contributed by atoms with E-state index >= 15 is 0 Å². The molecule has 0 aliphatic heterocycles. The molecule has 11 heteroatoms. The molecule has 0 spiro atoms. The number of carboxylic acid groups (broad SMARTS) is 1. The highest BCUT2D eigenvalue weighted by atomic mass is 35.5. The van der Waals surface area contributed by atoms with Gasteiger partial charge in [0.2, 0.25) is 11.8 Å². The van der Waals surface area contributed by atoms with Crippen molar-refractivity contribution in [3.8, 4) is 0 Å². The third-order valence-corrected chi connectivity index (χ3v) is 7.11. The van der Waals surface area contributed by atoms with Crippen molar-refractivity contribution in [3.05, 3.63) is 82.9 Å². The molecule has 2 fully saturated rings. The zero-order valence-corrected chi connectivity index (χ0v) is 22.6. The van der Waals surface area contributed by atoms with Gasteiger partial charge in [-0.25, -0.2) is 9.97 Å². The van der Waals surface area contributed by atoms with Gasteiger partial charge >= 0.3 is 0 Å². The van der Waals surface area contributed by atoms with Crippen LogP contribution < -0.4 is 16.0 Å². The standard InChI is InChI=1S/C28H27ClN6O2.CH2O2/c1-16(36)32-25-10-19(17-5-6-17)14-35-15-22(33-27(25)35)13-31-21-7-8-30-26(11-21)34-28(37)24-12-23(24)18-3-2-4-20(29)9-18;2-1-3/h2-4,7-11,14-15,17,23-24H,5-6,12-13H2,1H3,(H,32,36)(H2,30,31,34,37);1H,(H,2,3)/t23-,24+;/m1./s1. The quantitative estimate of drug-likeness (QED) is 0.215. The fraction of sp³-hybridized carbons (Fsp3) is 0.276. The van der Waals surface area contributed by atoms with Crippen LogP contribution in [0.1, 0.15) is 54.8 Å². The Labute approximate surface area is 235 Å². The summed E-state index contributed by atoms with van der Waals surface area (Å²) in [4.78, 5) is 41.9. The monoisotopic (exact) mass is 560 g/mol. The first-order valence-electron chi connectivity index (χ1n) is 13.0. The van der Waals surface area contributed by atoms with E-state index in [4.69, 9.17) is 26.5 Å². The van der Waals surface area contributed by atoms with Crippen LogP contribution in [-0.2, 0) is 20.9 Å². The number of anilines is 3. The van der Waals surface area contributed by atoms with Gasteiger partial charge in [0.15, 0.2) is 5.65 Å². The number of benzene rings is 1. The van der Waals surface area contributed by atoms with E-state index in [1.54, 1.807) is 6.20 Å². The van der Waals surface area contributed by atoms with Crippen molar-refractivity contribution in [2.24, 2.45) is 5.92 Å². The molecular weight excluding hydrogens is 532 g/mol. The number of hydrogen-bond donors (Lipinski definition) is 4. The first-order valence-corrected chi connectivity index (χ1v) is 13.4. The van der Waals surface area contributed by atoms with Crippen LogP contribution in [0.5, 0.6) is 0 Å². The number of halogens is 1. The van der Waals surface area contributed by atoms with Gasteiger partial charge in [-0.15, -0.1) is 0 Å². The number of nitrogens with zero attached hydrogens (tertiary/aromatic N) is 3. The van der Waals surface area contributed by atoms with Gasteiger partial charge in [0, 0.05) is 48.2 Å². The van der Waals surface area contributed by atoms with Gasteiger partial charge in [-0.1, -0.05) is 23.7 Å². The SMILES string of the molecule is CC(=O)Nc1cc(C2CC2)cn2cc(CNc3ccnc(NC(=O)[C@H]4C[C@@H]4c4cccc(Cl)c4)c3)nc12.O=CO. The Kier molecular flexibility index (Phi) is 7.97. The third kappa shape index (κ3) is 6.58. The van der Waals surface area contributed by atoms with Gasteiger partial charge < -0.3 is 25.5 Å². The van der Waals surface area contributed by atoms with E-state index in [0.717, 1.165) is 34.7 Å². The summed E-state index contributed by atoms with van der Waals surface area (Å²) < 4.78 is 1.99. The van der Waals surface area contributed by atoms with Crippen molar-refractivity contribution in [1.82, 2.24) is 14.4 Å². The minimum absolute atomic E-state index is 0.0352. The van der Waals surface area contributed by atoms with Gasteiger partial charge in [-0.2, -0.15) is 0 Å². The molecule has 4 N–H and O–H groups in total. The molecule has 2 saturated carbocycles. The molecule has 0 unspecified atom stereocenters. The van der Waals surface area contributed by atoms with E-state index in [2.05, 4.69) is 27.1 Å². The van der Waals surface area contributed by atoms with Gasteiger partial charge in [0.05, 0.1) is 17.9 Å². The maximum atomic E-state index is 12.8. The van der Waals surface area contributed by atoms with Crippen LogP contribution in [0.3, 0.4) is 0 Å². The Bertz CT molecular complexity index is 1570. The van der Waals surface area contributed by atoms with Crippen molar-refractivity contribution >= 4 is 52.7 Å². The summed E-state index contributed by atoms with van der Waals surface area (Å²) in [7, 11) is 0. The topological polar surface area (TPSA) is 138 Å². The molecule has 0 bridgehead atoms. The molecule has 4 aromatic rings. The fourth-order valence-electron chi connectivity index (χ4n) is 4.79. The summed E-state index contributed by atoms with van der Waals surface area (Å²) in [6.07, 6.45) is 8.91. The van der Waals surface area contributed by atoms with E-state index in [0.29, 0.717) is 23.3 Å². The number of hydrogen-bond acceptors (Lipinski definition) is 6. The molecule has 0 radical (unpaired) electrons. The number of fused-ring (bicyclic) bond motifs is 1. The smallest absolute Gasteiger partial charge is 0.290 e. The lowest BCUT2D eigenvalue weighted by atomic mass is 10.1. The maximum absolute atomic E-state index is 12.8. The molecule has 10 nitrogen and oxygen atoms in total. The number of aromatic nitrogens is 3. The van der Waals surface area contributed by atoms with E-state index in [-0.39, 0.29) is 30.1 Å². The Morgan fingerprint density at radius 3 is 2.65 bits per heavy atom. The number of carbonyl (C=O) groups excluding carboxylic acids is 2. The molecule has 40 heavy (non-hydrogen) atoms. The summed E-state index contributed by atoms with van der Waals surface area (Å²) >= 11 is 6.10. The first kappa shape index (κ1) is 27.1. The Hall–Kier alpha value is -4.44. The second-order valence-electron chi connectivity index (χ2n) is 9.99. The molecule has 0 saturated heterocycles. The number of carbonyl (C=O) groups is 3. The van der Waals surface area contributed by atoms with Crippen molar-refractivity contribution < 1.29 is 19.5 Å². The highest BCUT2D eigenvalue weighted by Crippen LogP contribution is 2.48. The fourth-order valence-corrected chi connectivity index (χ4v) is 4.99. The largest absolute Gasteiger partial charge is 0.483 e.